The molecule has 30 heavy (non-hydrogen) atoms. The Morgan fingerprint density at radius 2 is 2.17 bits per heavy atom. The van der Waals surface area contributed by atoms with Crippen LogP contribution in [0.1, 0.15) is 11.1 Å². The van der Waals surface area contributed by atoms with Crippen LogP contribution in [0.4, 0.5) is 4.39 Å². The number of aromatic amines is 1. The first kappa shape index (κ1) is 20.4. The van der Waals surface area contributed by atoms with Crippen molar-refractivity contribution in [2.45, 2.75) is 18.5 Å². The average molecular weight is 445 g/mol. The van der Waals surface area contributed by atoms with Crippen molar-refractivity contribution < 1.29 is 9.18 Å². The highest BCUT2D eigenvalue weighted by molar-refractivity contribution is 7.99. The van der Waals surface area contributed by atoms with Gasteiger partial charge >= 0.3 is 0 Å². The lowest BCUT2D eigenvalue weighted by Crippen LogP contribution is -2.27. The van der Waals surface area contributed by atoms with Gasteiger partial charge in [0.25, 0.3) is 0 Å². The van der Waals surface area contributed by atoms with Gasteiger partial charge in [-0.2, -0.15) is 4.68 Å². The van der Waals surface area contributed by atoms with Crippen LogP contribution >= 0.6 is 23.4 Å². The number of rotatable bonds is 7. The molecule has 0 fully saturated rings. The predicted molar refractivity (Wildman–Crippen MR) is 115 cm³/mol. The number of hydrogen-bond acceptors (Lipinski definition) is 5. The van der Waals surface area contributed by atoms with E-state index in [0.717, 1.165) is 27.7 Å². The van der Waals surface area contributed by atoms with Crippen molar-refractivity contribution in [2.75, 3.05) is 12.3 Å². The number of nitrogens with one attached hydrogen (secondary N) is 2. The van der Waals surface area contributed by atoms with Crippen LogP contribution in [0.2, 0.25) is 5.02 Å². The van der Waals surface area contributed by atoms with Crippen molar-refractivity contribution in [1.82, 2.24) is 30.5 Å². The number of carbonyl (C=O) groups is 1. The molecule has 0 radical (unpaired) electrons. The van der Waals surface area contributed by atoms with Gasteiger partial charge < -0.3 is 10.3 Å². The highest BCUT2D eigenvalue weighted by Gasteiger charge is 2.14. The van der Waals surface area contributed by atoms with E-state index in [1.165, 1.54) is 23.9 Å². The largest absolute Gasteiger partial charge is 0.361 e. The fourth-order valence-electron chi connectivity index (χ4n) is 3.11. The number of halogens is 2. The molecule has 2 heterocycles. The monoisotopic (exact) mass is 444 g/mol. The molecule has 0 spiro atoms. The Balaban J connectivity index is 1.33. The first-order chi connectivity index (χ1) is 14.5. The van der Waals surface area contributed by atoms with Gasteiger partial charge in [0.15, 0.2) is 0 Å². The third-order valence-electron chi connectivity index (χ3n) is 4.62. The van der Waals surface area contributed by atoms with Crippen molar-refractivity contribution >= 4 is 40.2 Å². The predicted octanol–water partition coefficient (Wildman–Crippen LogP) is 3.70. The van der Waals surface area contributed by atoms with E-state index in [1.807, 2.05) is 19.2 Å². The Bertz CT molecular complexity index is 1210. The van der Waals surface area contributed by atoms with E-state index in [4.69, 9.17) is 11.6 Å². The number of carbonyl (C=O) groups excluding carboxylic acids is 1. The summed E-state index contributed by atoms with van der Waals surface area (Å²) in [6, 6.07) is 10.1. The molecule has 0 bridgehead atoms. The van der Waals surface area contributed by atoms with Crippen molar-refractivity contribution in [3.05, 3.63) is 64.6 Å². The van der Waals surface area contributed by atoms with Crippen LogP contribution in [0.25, 0.3) is 16.6 Å². The molecule has 154 valence electrons. The molecule has 0 aliphatic rings. The maximum atomic E-state index is 13.5. The molecule has 2 aromatic heterocycles. The lowest BCUT2D eigenvalue weighted by atomic mass is 10.1. The summed E-state index contributed by atoms with van der Waals surface area (Å²) in [7, 11) is 0. The number of amides is 1. The number of fused-ring (bicyclic) bond motifs is 1. The zero-order chi connectivity index (χ0) is 21.1. The SMILES string of the molecule is Cc1ccc(Cl)cc1-n1nnnc1SCC(=O)NCCc1c[nH]c2ccc(F)cc12. The summed E-state index contributed by atoms with van der Waals surface area (Å²) in [5.41, 5.74) is 3.56. The minimum atomic E-state index is -0.281. The van der Waals surface area contributed by atoms with Gasteiger partial charge in [-0.3, -0.25) is 4.79 Å². The zero-order valence-corrected chi connectivity index (χ0v) is 17.6. The van der Waals surface area contributed by atoms with Gasteiger partial charge in [0.2, 0.25) is 11.1 Å². The van der Waals surface area contributed by atoms with E-state index in [-0.39, 0.29) is 17.5 Å². The van der Waals surface area contributed by atoms with Crippen LogP contribution in [0.5, 0.6) is 0 Å². The van der Waals surface area contributed by atoms with Crippen molar-refractivity contribution in [2.24, 2.45) is 0 Å². The fraction of sp³-hybridized carbons (Fsp3) is 0.200. The molecule has 1 amide bonds. The quantitative estimate of drug-likeness (QED) is 0.424. The standard InChI is InChI=1S/C20H18ClFN6OS/c1-12-2-3-14(21)8-18(12)28-20(25-26-27-28)30-11-19(29)23-7-6-13-10-24-17-5-4-15(22)9-16(13)17/h2-5,8-10,24H,6-7,11H2,1H3,(H,23,29). The maximum Gasteiger partial charge on any atom is 0.230 e. The Morgan fingerprint density at radius 3 is 3.03 bits per heavy atom. The Morgan fingerprint density at radius 1 is 1.30 bits per heavy atom. The van der Waals surface area contributed by atoms with Gasteiger partial charge in [-0.15, -0.1) is 5.10 Å². The minimum Gasteiger partial charge on any atom is -0.361 e. The normalized spacial score (nSPS) is 11.2. The second-order valence-corrected chi connectivity index (χ2v) is 8.08. The van der Waals surface area contributed by atoms with Crippen LogP contribution in [-0.4, -0.2) is 43.4 Å². The number of hydrogen-bond donors (Lipinski definition) is 2. The highest BCUT2D eigenvalue weighted by atomic mass is 35.5. The number of aryl methyl sites for hydroxylation is 1. The van der Waals surface area contributed by atoms with Crippen molar-refractivity contribution in [1.29, 1.82) is 0 Å². The maximum absolute atomic E-state index is 13.5. The molecule has 0 atom stereocenters. The highest BCUT2D eigenvalue weighted by Crippen LogP contribution is 2.23. The molecule has 4 rings (SSSR count). The number of thioether (sulfide) groups is 1. The number of nitrogens with zero attached hydrogens (tertiary/aromatic N) is 4. The minimum absolute atomic E-state index is 0.136. The molecule has 7 nitrogen and oxygen atoms in total. The topological polar surface area (TPSA) is 88.5 Å². The van der Waals surface area contributed by atoms with Crippen LogP contribution in [-0.2, 0) is 11.2 Å². The first-order valence-corrected chi connectivity index (χ1v) is 10.6. The van der Waals surface area contributed by atoms with Gasteiger partial charge in [0.1, 0.15) is 5.82 Å². The molecule has 0 saturated carbocycles. The number of aromatic nitrogens is 5. The van der Waals surface area contributed by atoms with Crippen molar-refractivity contribution in [3.63, 3.8) is 0 Å². The molecule has 0 aliphatic carbocycles. The molecular formula is C20H18ClFN6OS. The summed E-state index contributed by atoms with van der Waals surface area (Å²) in [4.78, 5) is 15.4. The molecule has 2 aromatic carbocycles. The fourth-order valence-corrected chi connectivity index (χ4v) is 3.99. The summed E-state index contributed by atoms with van der Waals surface area (Å²) < 4.78 is 15.0. The van der Waals surface area contributed by atoms with E-state index in [2.05, 4.69) is 25.8 Å². The Labute approximate surface area is 181 Å². The number of tetrazole rings is 1. The smallest absolute Gasteiger partial charge is 0.230 e. The number of benzene rings is 2. The molecule has 0 saturated heterocycles. The van der Waals surface area contributed by atoms with E-state index < -0.39 is 0 Å². The zero-order valence-electron chi connectivity index (χ0n) is 16.0. The average Bonchev–Trinajstić information content (AvgIpc) is 3.35. The summed E-state index contributed by atoms with van der Waals surface area (Å²) in [5.74, 6) is -0.248. The lowest BCUT2D eigenvalue weighted by molar-refractivity contribution is -0.118. The van der Waals surface area contributed by atoms with E-state index >= 15 is 0 Å². The van der Waals surface area contributed by atoms with Crippen molar-refractivity contribution in [3.8, 4) is 5.69 Å². The van der Waals surface area contributed by atoms with Crippen LogP contribution < -0.4 is 5.32 Å². The van der Waals surface area contributed by atoms with Gasteiger partial charge in [-0.1, -0.05) is 29.4 Å². The Hall–Kier alpha value is -2.91. The molecular weight excluding hydrogens is 427 g/mol. The summed E-state index contributed by atoms with van der Waals surface area (Å²) in [5, 5.41) is 16.5. The van der Waals surface area contributed by atoms with Crippen LogP contribution in [0, 0.1) is 12.7 Å². The van der Waals surface area contributed by atoms with Gasteiger partial charge in [0.05, 0.1) is 11.4 Å². The molecule has 2 N–H and O–H groups in total. The summed E-state index contributed by atoms with van der Waals surface area (Å²) >= 11 is 7.32. The number of H-pyrrole nitrogens is 1. The van der Waals surface area contributed by atoms with E-state index in [0.29, 0.717) is 23.1 Å². The Kier molecular flexibility index (Phi) is 6.01. The molecule has 4 aromatic rings. The summed E-state index contributed by atoms with van der Waals surface area (Å²) in [6.45, 7) is 2.38. The van der Waals surface area contributed by atoms with Gasteiger partial charge in [-0.25, -0.2) is 4.39 Å². The molecule has 0 aliphatic heterocycles. The second kappa shape index (κ2) is 8.85. The lowest BCUT2D eigenvalue weighted by Gasteiger charge is -2.08. The van der Waals surface area contributed by atoms with Crippen LogP contribution in [0.15, 0.2) is 47.8 Å². The molecule has 10 heteroatoms. The third-order valence-corrected chi connectivity index (χ3v) is 5.77. The first-order valence-electron chi connectivity index (χ1n) is 9.21. The van der Waals surface area contributed by atoms with Gasteiger partial charge in [0, 0.05) is 28.7 Å². The second-order valence-electron chi connectivity index (χ2n) is 6.70. The van der Waals surface area contributed by atoms with E-state index in [1.54, 1.807) is 22.9 Å². The van der Waals surface area contributed by atoms with Crippen LogP contribution in [0.3, 0.4) is 0 Å². The summed E-state index contributed by atoms with van der Waals surface area (Å²) in [6.07, 6.45) is 2.44. The van der Waals surface area contributed by atoms with Gasteiger partial charge in [-0.05, 0) is 65.2 Å². The third kappa shape index (κ3) is 4.47. The molecule has 0 unspecified atom stereocenters. The van der Waals surface area contributed by atoms with E-state index in [9.17, 15) is 9.18 Å².